The molecule has 0 aliphatic carbocycles. The highest BCUT2D eigenvalue weighted by Crippen LogP contribution is 2.35. The van der Waals surface area contributed by atoms with Crippen LogP contribution in [-0.2, 0) is 18.6 Å². The summed E-state index contributed by atoms with van der Waals surface area (Å²) in [5.74, 6) is 2.08. The first-order valence-electron chi connectivity index (χ1n) is 6.53. The van der Waals surface area contributed by atoms with Crippen molar-refractivity contribution in [3.05, 3.63) is 55.4 Å². The lowest BCUT2D eigenvalue weighted by atomic mass is 10.0. The molecular formula is C15H15BrFNS2. The van der Waals surface area contributed by atoms with Crippen molar-refractivity contribution in [3.8, 4) is 0 Å². The molecule has 2 N–H and O–H groups in total. The summed E-state index contributed by atoms with van der Waals surface area (Å²) in [7, 11) is 0. The molecule has 2 heterocycles. The first-order chi connectivity index (χ1) is 9.65. The Kier molecular flexibility index (Phi) is 4.50. The number of thiophene rings is 1. The molecule has 1 aromatic heterocycles. The second kappa shape index (κ2) is 6.18. The van der Waals surface area contributed by atoms with Gasteiger partial charge in [-0.05, 0) is 57.8 Å². The van der Waals surface area contributed by atoms with Gasteiger partial charge in [0.1, 0.15) is 5.82 Å². The van der Waals surface area contributed by atoms with Crippen molar-refractivity contribution < 1.29 is 4.39 Å². The summed E-state index contributed by atoms with van der Waals surface area (Å²) in [5, 5.41) is 0. The van der Waals surface area contributed by atoms with Crippen LogP contribution in [0.4, 0.5) is 4.39 Å². The van der Waals surface area contributed by atoms with Gasteiger partial charge in [-0.3, -0.25) is 0 Å². The molecule has 0 fully saturated rings. The topological polar surface area (TPSA) is 26.0 Å². The normalized spacial score (nSPS) is 15.9. The molecule has 1 unspecified atom stereocenters. The quantitative estimate of drug-likeness (QED) is 0.847. The lowest BCUT2D eigenvalue weighted by molar-refractivity contribution is 0.614. The third-order valence-corrected chi connectivity index (χ3v) is 6.75. The van der Waals surface area contributed by atoms with E-state index in [1.807, 2.05) is 29.2 Å². The molecule has 3 rings (SSSR count). The molecule has 2 aromatic rings. The highest BCUT2D eigenvalue weighted by molar-refractivity contribution is 9.10. The van der Waals surface area contributed by atoms with Gasteiger partial charge in [-0.1, -0.05) is 12.1 Å². The minimum absolute atomic E-state index is 0.0614. The van der Waals surface area contributed by atoms with E-state index in [1.165, 1.54) is 27.1 Å². The number of rotatable bonds is 3. The largest absolute Gasteiger partial charge is 0.323 e. The van der Waals surface area contributed by atoms with Gasteiger partial charge in [-0.2, -0.15) is 11.8 Å². The number of nitrogens with two attached hydrogens (primary N) is 1. The van der Waals surface area contributed by atoms with Crippen molar-refractivity contribution >= 4 is 39.0 Å². The van der Waals surface area contributed by atoms with Crippen LogP contribution in [0.15, 0.2) is 28.7 Å². The van der Waals surface area contributed by atoms with Crippen LogP contribution in [-0.4, -0.2) is 5.75 Å². The predicted octanol–water partition coefficient (Wildman–Crippen LogP) is 4.68. The summed E-state index contributed by atoms with van der Waals surface area (Å²) in [6.07, 6.45) is 1.81. The molecule has 5 heteroatoms. The molecule has 0 bridgehead atoms. The summed E-state index contributed by atoms with van der Waals surface area (Å²) in [6, 6.07) is 7.30. The summed E-state index contributed by atoms with van der Waals surface area (Å²) >= 11 is 7.11. The van der Waals surface area contributed by atoms with Crippen molar-refractivity contribution in [3.63, 3.8) is 0 Å². The molecule has 1 atom stereocenters. The Morgan fingerprint density at radius 2 is 2.25 bits per heavy atom. The van der Waals surface area contributed by atoms with Gasteiger partial charge in [0, 0.05) is 21.5 Å². The van der Waals surface area contributed by atoms with E-state index >= 15 is 0 Å². The number of thioether (sulfide) groups is 1. The maximum atomic E-state index is 13.5. The number of aryl methyl sites for hydroxylation is 1. The molecule has 106 valence electrons. The third-order valence-electron chi connectivity index (χ3n) is 3.48. The molecule has 1 aromatic carbocycles. The van der Waals surface area contributed by atoms with Crippen LogP contribution in [0.2, 0.25) is 0 Å². The van der Waals surface area contributed by atoms with Gasteiger partial charge >= 0.3 is 0 Å². The van der Waals surface area contributed by atoms with E-state index in [0.717, 1.165) is 17.7 Å². The van der Waals surface area contributed by atoms with E-state index < -0.39 is 0 Å². The van der Waals surface area contributed by atoms with E-state index in [0.29, 0.717) is 10.9 Å². The molecule has 0 spiro atoms. The fourth-order valence-corrected chi connectivity index (χ4v) is 5.20. The van der Waals surface area contributed by atoms with Gasteiger partial charge in [-0.25, -0.2) is 4.39 Å². The van der Waals surface area contributed by atoms with Crippen LogP contribution in [0.25, 0.3) is 0 Å². The zero-order chi connectivity index (χ0) is 14.1. The smallest absolute Gasteiger partial charge is 0.137 e. The second-order valence-electron chi connectivity index (χ2n) is 4.92. The molecule has 20 heavy (non-hydrogen) atoms. The highest BCUT2D eigenvalue weighted by atomic mass is 79.9. The first kappa shape index (κ1) is 14.6. The van der Waals surface area contributed by atoms with Crippen LogP contribution in [0, 0.1) is 5.82 Å². The van der Waals surface area contributed by atoms with Crippen LogP contribution < -0.4 is 5.73 Å². The zero-order valence-corrected chi connectivity index (χ0v) is 14.1. The third kappa shape index (κ3) is 2.96. The average Bonchev–Trinajstić information content (AvgIpc) is 2.88. The van der Waals surface area contributed by atoms with Gasteiger partial charge in [0.15, 0.2) is 0 Å². The monoisotopic (exact) mass is 371 g/mol. The molecule has 0 amide bonds. The van der Waals surface area contributed by atoms with Crippen molar-refractivity contribution in [2.45, 2.75) is 24.6 Å². The van der Waals surface area contributed by atoms with Gasteiger partial charge in [0.05, 0.1) is 4.47 Å². The number of hydrogen-bond donors (Lipinski definition) is 1. The van der Waals surface area contributed by atoms with Crippen molar-refractivity contribution in [1.29, 1.82) is 0 Å². The molecule has 0 saturated carbocycles. The molecule has 1 aliphatic heterocycles. The second-order valence-corrected chi connectivity index (χ2v) is 7.99. The molecular weight excluding hydrogens is 357 g/mol. The Hall–Kier alpha value is -0.360. The molecule has 0 radical (unpaired) electrons. The van der Waals surface area contributed by atoms with E-state index in [-0.39, 0.29) is 11.9 Å². The summed E-state index contributed by atoms with van der Waals surface area (Å²) in [5.41, 5.74) is 8.69. The van der Waals surface area contributed by atoms with Gasteiger partial charge in [-0.15, -0.1) is 11.3 Å². The Labute approximate surface area is 134 Å². The molecule has 1 nitrogen and oxygen atoms in total. The lowest BCUT2D eigenvalue weighted by Gasteiger charge is -2.11. The number of benzene rings is 1. The van der Waals surface area contributed by atoms with E-state index in [2.05, 4.69) is 22.0 Å². The summed E-state index contributed by atoms with van der Waals surface area (Å²) < 4.78 is 14.1. The minimum Gasteiger partial charge on any atom is -0.323 e. The van der Waals surface area contributed by atoms with Crippen molar-refractivity contribution in [2.24, 2.45) is 5.73 Å². The summed E-state index contributed by atoms with van der Waals surface area (Å²) in [4.78, 5) is 2.70. The maximum Gasteiger partial charge on any atom is 0.137 e. The Balaban J connectivity index is 1.80. The first-order valence-corrected chi connectivity index (χ1v) is 9.29. The van der Waals surface area contributed by atoms with Crippen molar-refractivity contribution in [1.82, 2.24) is 0 Å². The minimum atomic E-state index is -0.225. The number of hydrogen-bond acceptors (Lipinski definition) is 3. The Morgan fingerprint density at radius 3 is 3.05 bits per heavy atom. The number of fused-ring (bicyclic) bond motifs is 1. The zero-order valence-electron chi connectivity index (χ0n) is 10.9. The van der Waals surface area contributed by atoms with Crippen LogP contribution in [0.5, 0.6) is 0 Å². The SMILES string of the molecule is NC(Cc1cccc(F)c1Br)c1cc2c(s1)CCSC2. The molecule has 0 saturated heterocycles. The van der Waals surface area contributed by atoms with Crippen molar-refractivity contribution in [2.75, 3.05) is 5.75 Å². The summed E-state index contributed by atoms with van der Waals surface area (Å²) in [6.45, 7) is 0. The van der Waals surface area contributed by atoms with Crippen LogP contribution >= 0.6 is 39.0 Å². The van der Waals surface area contributed by atoms with Crippen LogP contribution in [0.1, 0.15) is 26.9 Å². The lowest BCUT2D eigenvalue weighted by Crippen LogP contribution is -2.12. The predicted molar refractivity (Wildman–Crippen MR) is 88.9 cm³/mol. The molecule has 1 aliphatic rings. The fourth-order valence-electron chi connectivity index (χ4n) is 2.40. The number of halogens is 2. The van der Waals surface area contributed by atoms with E-state index in [9.17, 15) is 4.39 Å². The van der Waals surface area contributed by atoms with Gasteiger partial charge in [0.2, 0.25) is 0 Å². The Morgan fingerprint density at radius 1 is 1.40 bits per heavy atom. The maximum absolute atomic E-state index is 13.5. The van der Waals surface area contributed by atoms with E-state index in [1.54, 1.807) is 6.07 Å². The van der Waals surface area contributed by atoms with Crippen LogP contribution in [0.3, 0.4) is 0 Å². The van der Waals surface area contributed by atoms with E-state index in [4.69, 9.17) is 5.73 Å². The fraction of sp³-hybridized carbons (Fsp3) is 0.333. The standard InChI is InChI=1S/C15H15BrFNS2/c16-15-9(2-1-3-11(15)17)6-12(18)14-7-10-8-19-5-4-13(10)20-14/h1-3,7,12H,4-6,8,18H2. The highest BCUT2D eigenvalue weighted by Gasteiger charge is 2.18. The Bertz CT molecular complexity index is 603. The van der Waals surface area contributed by atoms with Gasteiger partial charge in [0.25, 0.3) is 0 Å². The van der Waals surface area contributed by atoms with Gasteiger partial charge < -0.3 is 5.73 Å². The average molecular weight is 372 g/mol.